The highest BCUT2D eigenvalue weighted by Gasteiger charge is 2.16. The van der Waals surface area contributed by atoms with Crippen molar-refractivity contribution in [2.24, 2.45) is 0 Å². The van der Waals surface area contributed by atoms with Gasteiger partial charge in [-0.25, -0.2) is 0 Å². The highest BCUT2D eigenvalue weighted by Crippen LogP contribution is 2.20. The molecule has 2 aliphatic heterocycles. The summed E-state index contributed by atoms with van der Waals surface area (Å²) in [7, 11) is 0. The van der Waals surface area contributed by atoms with E-state index in [0.29, 0.717) is 51.0 Å². The lowest BCUT2D eigenvalue weighted by Crippen LogP contribution is -2.42. The molecule has 8 heteroatoms. The molecule has 1 aromatic rings. The predicted molar refractivity (Wildman–Crippen MR) is 104 cm³/mol. The Morgan fingerprint density at radius 2 is 1.21 bits per heavy atom. The SMILES string of the molecule is O[C@H](COc1cccc(OC[C@H](O)CN2CCOCC2)c1)CN1CCOCC1. The van der Waals surface area contributed by atoms with Crippen LogP contribution in [0.4, 0.5) is 0 Å². The van der Waals surface area contributed by atoms with E-state index >= 15 is 0 Å². The molecule has 158 valence electrons. The average Bonchev–Trinajstić information content (AvgIpc) is 2.73. The smallest absolute Gasteiger partial charge is 0.123 e. The summed E-state index contributed by atoms with van der Waals surface area (Å²) in [6.07, 6.45) is -1.11. The molecule has 0 unspecified atom stereocenters. The Morgan fingerprint density at radius 3 is 1.64 bits per heavy atom. The van der Waals surface area contributed by atoms with Crippen molar-refractivity contribution in [3.05, 3.63) is 24.3 Å². The Morgan fingerprint density at radius 1 is 0.786 bits per heavy atom. The molecule has 2 N–H and O–H groups in total. The van der Waals surface area contributed by atoms with Gasteiger partial charge < -0.3 is 29.2 Å². The molecule has 0 spiro atoms. The maximum atomic E-state index is 10.2. The lowest BCUT2D eigenvalue weighted by Gasteiger charge is -2.28. The Balaban J connectivity index is 1.36. The molecular formula is C20H32N2O6. The van der Waals surface area contributed by atoms with Gasteiger partial charge in [-0.05, 0) is 12.1 Å². The van der Waals surface area contributed by atoms with Crippen molar-refractivity contribution < 1.29 is 29.2 Å². The summed E-state index contributed by atoms with van der Waals surface area (Å²) in [5, 5.41) is 20.4. The number of rotatable bonds is 10. The van der Waals surface area contributed by atoms with E-state index in [1.54, 1.807) is 6.07 Å². The van der Waals surface area contributed by atoms with Crippen LogP contribution < -0.4 is 9.47 Å². The summed E-state index contributed by atoms with van der Waals surface area (Å²) in [4.78, 5) is 4.35. The molecule has 28 heavy (non-hydrogen) atoms. The molecule has 2 aliphatic rings. The average molecular weight is 396 g/mol. The largest absolute Gasteiger partial charge is 0.491 e. The van der Waals surface area contributed by atoms with Gasteiger partial charge in [0.2, 0.25) is 0 Å². The molecule has 0 aromatic heterocycles. The lowest BCUT2D eigenvalue weighted by molar-refractivity contribution is 0.00409. The van der Waals surface area contributed by atoms with Crippen LogP contribution in [0.1, 0.15) is 0 Å². The highest BCUT2D eigenvalue weighted by molar-refractivity contribution is 5.33. The maximum absolute atomic E-state index is 10.2. The third-order valence-electron chi connectivity index (χ3n) is 4.84. The van der Waals surface area contributed by atoms with Crippen molar-refractivity contribution in [2.75, 3.05) is 78.9 Å². The molecule has 3 rings (SSSR count). The third kappa shape index (κ3) is 7.54. The topological polar surface area (TPSA) is 83.9 Å². The van der Waals surface area contributed by atoms with Gasteiger partial charge in [0.25, 0.3) is 0 Å². The van der Waals surface area contributed by atoms with Crippen molar-refractivity contribution in [3.63, 3.8) is 0 Å². The Labute approximate surface area is 166 Å². The second-order valence-electron chi connectivity index (χ2n) is 7.23. The molecule has 0 bridgehead atoms. The number of benzene rings is 1. The van der Waals surface area contributed by atoms with E-state index in [1.807, 2.05) is 18.2 Å². The third-order valence-corrected chi connectivity index (χ3v) is 4.84. The predicted octanol–water partition coefficient (Wildman–Crippen LogP) is -0.170. The van der Waals surface area contributed by atoms with E-state index in [9.17, 15) is 10.2 Å². The first-order chi connectivity index (χ1) is 13.7. The Hall–Kier alpha value is -1.42. The second-order valence-corrected chi connectivity index (χ2v) is 7.23. The van der Waals surface area contributed by atoms with Gasteiger partial charge in [-0.3, -0.25) is 9.80 Å². The normalized spacial score (nSPS) is 21.2. The van der Waals surface area contributed by atoms with Crippen molar-refractivity contribution in [1.82, 2.24) is 9.80 Å². The summed E-state index contributed by atoms with van der Waals surface area (Å²) in [5.74, 6) is 1.28. The summed E-state index contributed by atoms with van der Waals surface area (Å²) in [6, 6.07) is 7.28. The molecule has 2 atom stereocenters. The molecule has 0 aliphatic carbocycles. The number of β-amino-alcohol motifs (C(OH)–C–C–N with tert-alkyl or cyclic N) is 2. The lowest BCUT2D eigenvalue weighted by atomic mass is 10.3. The number of aliphatic hydroxyl groups excluding tert-OH is 2. The van der Waals surface area contributed by atoms with Crippen molar-refractivity contribution in [3.8, 4) is 11.5 Å². The van der Waals surface area contributed by atoms with Gasteiger partial charge >= 0.3 is 0 Å². The molecule has 2 saturated heterocycles. The fourth-order valence-electron chi connectivity index (χ4n) is 3.31. The van der Waals surface area contributed by atoms with Gasteiger partial charge in [0.05, 0.1) is 26.4 Å². The fraction of sp³-hybridized carbons (Fsp3) is 0.700. The quantitative estimate of drug-likeness (QED) is 0.564. The van der Waals surface area contributed by atoms with Crippen LogP contribution in [0.15, 0.2) is 24.3 Å². The summed E-state index contributed by atoms with van der Waals surface area (Å²) < 4.78 is 22.0. The Bertz CT molecular complexity index is 518. The van der Waals surface area contributed by atoms with E-state index in [4.69, 9.17) is 18.9 Å². The monoisotopic (exact) mass is 396 g/mol. The second kappa shape index (κ2) is 11.5. The highest BCUT2D eigenvalue weighted by atomic mass is 16.5. The Kier molecular flexibility index (Phi) is 8.78. The van der Waals surface area contributed by atoms with Crippen molar-refractivity contribution in [2.45, 2.75) is 12.2 Å². The molecule has 1 aromatic carbocycles. The van der Waals surface area contributed by atoms with Crippen LogP contribution in [0.5, 0.6) is 11.5 Å². The van der Waals surface area contributed by atoms with Gasteiger partial charge in [0, 0.05) is 45.3 Å². The van der Waals surface area contributed by atoms with Crippen LogP contribution in [0.3, 0.4) is 0 Å². The van der Waals surface area contributed by atoms with Gasteiger partial charge in [-0.1, -0.05) is 6.07 Å². The minimum absolute atomic E-state index is 0.223. The minimum atomic E-state index is -0.557. The van der Waals surface area contributed by atoms with Crippen LogP contribution in [-0.4, -0.2) is 111 Å². The number of hydrogen-bond donors (Lipinski definition) is 2. The first-order valence-corrected chi connectivity index (χ1v) is 10.0. The zero-order valence-electron chi connectivity index (χ0n) is 16.4. The number of morpholine rings is 2. The summed E-state index contributed by atoms with van der Waals surface area (Å²) >= 11 is 0. The molecular weight excluding hydrogens is 364 g/mol. The first-order valence-electron chi connectivity index (χ1n) is 10.0. The number of nitrogens with zero attached hydrogens (tertiary/aromatic N) is 2. The van der Waals surface area contributed by atoms with E-state index < -0.39 is 12.2 Å². The van der Waals surface area contributed by atoms with Crippen LogP contribution in [0.2, 0.25) is 0 Å². The van der Waals surface area contributed by atoms with Gasteiger partial charge in [-0.15, -0.1) is 0 Å². The summed E-state index contributed by atoms with van der Waals surface area (Å²) in [6.45, 7) is 7.81. The van der Waals surface area contributed by atoms with E-state index in [-0.39, 0.29) is 13.2 Å². The zero-order valence-corrected chi connectivity index (χ0v) is 16.4. The number of hydrogen-bond acceptors (Lipinski definition) is 8. The van der Waals surface area contributed by atoms with Crippen LogP contribution in [-0.2, 0) is 9.47 Å². The number of ether oxygens (including phenoxy) is 4. The molecule has 0 saturated carbocycles. The van der Waals surface area contributed by atoms with Crippen molar-refractivity contribution >= 4 is 0 Å². The van der Waals surface area contributed by atoms with Gasteiger partial charge in [0.1, 0.15) is 36.9 Å². The van der Waals surface area contributed by atoms with Crippen molar-refractivity contribution in [1.29, 1.82) is 0 Å². The maximum Gasteiger partial charge on any atom is 0.123 e. The van der Waals surface area contributed by atoms with Crippen LogP contribution in [0, 0.1) is 0 Å². The molecule has 8 nitrogen and oxygen atoms in total. The standard InChI is InChI=1S/C20H32N2O6/c23-17(13-21-4-8-25-9-5-21)15-27-19-2-1-3-20(12-19)28-16-18(24)14-22-6-10-26-11-7-22/h1-3,12,17-18,23-24H,4-11,13-16H2/t17-,18+. The molecule has 2 heterocycles. The van der Waals surface area contributed by atoms with Gasteiger partial charge in [-0.2, -0.15) is 0 Å². The van der Waals surface area contributed by atoms with Gasteiger partial charge in [0.15, 0.2) is 0 Å². The number of aliphatic hydroxyl groups is 2. The van der Waals surface area contributed by atoms with E-state index in [2.05, 4.69) is 9.80 Å². The van der Waals surface area contributed by atoms with Crippen LogP contribution in [0.25, 0.3) is 0 Å². The minimum Gasteiger partial charge on any atom is -0.491 e. The molecule has 0 amide bonds. The molecule has 2 fully saturated rings. The zero-order chi connectivity index (χ0) is 19.6. The van der Waals surface area contributed by atoms with E-state index in [0.717, 1.165) is 26.2 Å². The molecule has 0 radical (unpaired) electrons. The van der Waals surface area contributed by atoms with E-state index in [1.165, 1.54) is 0 Å². The fourth-order valence-corrected chi connectivity index (χ4v) is 3.31. The summed E-state index contributed by atoms with van der Waals surface area (Å²) in [5.41, 5.74) is 0. The van der Waals surface area contributed by atoms with Crippen LogP contribution >= 0.6 is 0 Å². The first kappa shape index (κ1) is 21.3.